The lowest BCUT2D eigenvalue weighted by Gasteiger charge is -2.64. The Kier molecular flexibility index (Phi) is 3.84. The minimum Gasteiger partial charge on any atom is -0.493 e. The van der Waals surface area contributed by atoms with Crippen LogP contribution in [0.1, 0.15) is 37.3 Å². The van der Waals surface area contributed by atoms with Crippen molar-refractivity contribution in [1.29, 1.82) is 0 Å². The molecule has 4 aliphatic rings. The molecule has 2 unspecified atom stereocenters. The number of carbonyl (C=O) groups is 1. The zero-order valence-electron chi connectivity index (χ0n) is 16.5. The molecule has 6 nitrogen and oxygen atoms in total. The van der Waals surface area contributed by atoms with E-state index in [2.05, 4.69) is 22.9 Å². The van der Waals surface area contributed by atoms with Crippen LogP contribution in [0.15, 0.2) is 24.8 Å². The van der Waals surface area contributed by atoms with Crippen LogP contribution >= 0.6 is 0 Å². The summed E-state index contributed by atoms with van der Waals surface area (Å²) in [6, 6.07) is 3.99. The Morgan fingerprint density at radius 3 is 3.04 bits per heavy atom. The molecule has 2 aliphatic carbocycles. The van der Waals surface area contributed by atoms with Crippen LogP contribution in [0.4, 0.5) is 0 Å². The van der Waals surface area contributed by atoms with Gasteiger partial charge in [-0.2, -0.15) is 0 Å². The fourth-order valence-corrected chi connectivity index (χ4v) is 6.57. The Bertz CT molecular complexity index is 855. The number of nitrogens with one attached hydrogen (secondary N) is 1. The van der Waals surface area contributed by atoms with E-state index in [4.69, 9.17) is 9.47 Å². The molecule has 1 saturated heterocycles. The zero-order valence-corrected chi connectivity index (χ0v) is 16.5. The van der Waals surface area contributed by atoms with E-state index < -0.39 is 11.0 Å². The van der Waals surface area contributed by atoms with Gasteiger partial charge in [-0.05, 0) is 43.9 Å². The number of ether oxygens (including phenoxy) is 2. The van der Waals surface area contributed by atoms with E-state index >= 15 is 0 Å². The van der Waals surface area contributed by atoms with Gasteiger partial charge < -0.3 is 19.9 Å². The second-order valence-electron chi connectivity index (χ2n) is 8.66. The van der Waals surface area contributed by atoms with Crippen molar-refractivity contribution in [2.24, 2.45) is 0 Å². The Morgan fingerprint density at radius 2 is 2.32 bits per heavy atom. The van der Waals surface area contributed by atoms with Crippen molar-refractivity contribution in [3.8, 4) is 11.5 Å². The predicted molar refractivity (Wildman–Crippen MR) is 105 cm³/mol. The molecule has 2 N–H and O–H groups in total. The third-order valence-corrected chi connectivity index (χ3v) is 7.53. The third kappa shape index (κ3) is 2.02. The smallest absolute Gasteiger partial charge is 0.217 e. The van der Waals surface area contributed by atoms with E-state index in [1.807, 2.05) is 12.1 Å². The van der Waals surface area contributed by atoms with Gasteiger partial charge in [-0.15, -0.1) is 6.58 Å². The number of methoxy groups -OCH3 is 1. The lowest BCUT2D eigenvalue weighted by Crippen LogP contribution is -2.78. The number of hydrogen-bond acceptors (Lipinski definition) is 5. The number of carbonyl (C=O) groups excluding carboxylic acids is 1. The molecular weight excluding hydrogens is 356 g/mol. The van der Waals surface area contributed by atoms with Gasteiger partial charge in [0, 0.05) is 25.1 Å². The van der Waals surface area contributed by atoms with E-state index in [0.717, 1.165) is 37.2 Å². The van der Waals surface area contributed by atoms with Gasteiger partial charge in [-0.3, -0.25) is 9.69 Å². The highest BCUT2D eigenvalue weighted by molar-refractivity contribution is 5.73. The van der Waals surface area contributed by atoms with Crippen LogP contribution in [0.2, 0.25) is 0 Å². The average molecular weight is 384 g/mol. The standard InChI is InChI=1S/C22H28N2O4/c1-4-10-24-11-9-21-18-14-5-6-16(27-3)19(18)28-20(21)15(23-13(2)25)7-8-22(21,26)17(24)12-14/h4-6,15,17,20,26H,1,7-12H2,2-3H3,(H,23,25)/t15?,17-,20?,21+,22-/m0/s1. The second kappa shape index (κ2) is 5.97. The molecule has 1 aromatic carbocycles. The largest absolute Gasteiger partial charge is 0.493 e. The predicted octanol–water partition coefficient (Wildman–Crippen LogP) is 1.54. The number of piperidine rings is 1. The lowest BCUT2D eigenvalue weighted by atomic mass is 9.48. The molecule has 28 heavy (non-hydrogen) atoms. The summed E-state index contributed by atoms with van der Waals surface area (Å²) in [4.78, 5) is 14.2. The number of nitrogens with zero attached hydrogens (tertiary/aromatic N) is 1. The Hall–Kier alpha value is -2.05. The molecule has 1 aromatic rings. The first-order chi connectivity index (χ1) is 13.5. The first-order valence-corrected chi connectivity index (χ1v) is 10.2. The lowest BCUT2D eigenvalue weighted by molar-refractivity contribution is -0.189. The van der Waals surface area contributed by atoms with Crippen LogP contribution in [-0.2, 0) is 16.6 Å². The Labute approximate surface area is 165 Å². The van der Waals surface area contributed by atoms with Gasteiger partial charge in [0.05, 0.1) is 24.2 Å². The maximum absolute atomic E-state index is 12.2. The monoisotopic (exact) mass is 384 g/mol. The minimum atomic E-state index is -0.890. The molecule has 6 heteroatoms. The summed E-state index contributed by atoms with van der Waals surface area (Å²) in [5, 5.41) is 15.3. The first-order valence-electron chi connectivity index (χ1n) is 10.2. The highest BCUT2D eigenvalue weighted by Crippen LogP contribution is 2.65. The number of hydrogen-bond donors (Lipinski definition) is 2. The Balaban J connectivity index is 1.72. The van der Waals surface area contributed by atoms with Gasteiger partial charge in [0.1, 0.15) is 6.10 Å². The molecule has 0 aromatic heterocycles. The van der Waals surface area contributed by atoms with E-state index in [0.29, 0.717) is 18.6 Å². The number of aliphatic hydroxyl groups is 1. The quantitative estimate of drug-likeness (QED) is 0.771. The van der Waals surface area contributed by atoms with Crippen LogP contribution in [0.25, 0.3) is 0 Å². The molecule has 1 amide bonds. The fraction of sp³-hybridized carbons (Fsp3) is 0.591. The topological polar surface area (TPSA) is 71.0 Å². The Morgan fingerprint density at radius 1 is 1.50 bits per heavy atom. The van der Waals surface area contributed by atoms with Gasteiger partial charge in [0.25, 0.3) is 0 Å². The van der Waals surface area contributed by atoms with Crippen LogP contribution in [0.3, 0.4) is 0 Å². The van der Waals surface area contributed by atoms with Gasteiger partial charge in [-0.25, -0.2) is 0 Å². The molecule has 2 heterocycles. The third-order valence-electron chi connectivity index (χ3n) is 7.53. The van der Waals surface area contributed by atoms with E-state index in [-0.39, 0.29) is 24.1 Å². The van der Waals surface area contributed by atoms with Gasteiger partial charge in [0.15, 0.2) is 11.5 Å². The average Bonchev–Trinajstić information content (AvgIpc) is 3.01. The van der Waals surface area contributed by atoms with Gasteiger partial charge in [-0.1, -0.05) is 12.1 Å². The van der Waals surface area contributed by atoms with Crippen molar-refractivity contribution in [2.75, 3.05) is 20.2 Å². The maximum Gasteiger partial charge on any atom is 0.217 e. The van der Waals surface area contributed by atoms with Gasteiger partial charge >= 0.3 is 0 Å². The molecule has 5 atom stereocenters. The summed E-state index contributed by atoms with van der Waals surface area (Å²) < 4.78 is 12.1. The molecular formula is C22H28N2O4. The van der Waals surface area contributed by atoms with Crippen molar-refractivity contribution in [3.63, 3.8) is 0 Å². The van der Waals surface area contributed by atoms with E-state index in [1.54, 1.807) is 14.0 Å². The summed E-state index contributed by atoms with van der Waals surface area (Å²) in [6.45, 7) is 7.10. The maximum atomic E-state index is 12.2. The van der Waals surface area contributed by atoms with Crippen LogP contribution in [-0.4, -0.2) is 59.9 Å². The molecule has 1 saturated carbocycles. The number of benzene rings is 1. The number of rotatable bonds is 4. The fourth-order valence-electron chi connectivity index (χ4n) is 6.57. The summed E-state index contributed by atoms with van der Waals surface area (Å²) in [5.41, 5.74) is 0.936. The molecule has 150 valence electrons. The molecule has 2 aliphatic heterocycles. The molecule has 1 spiro atoms. The zero-order chi connectivity index (χ0) is 19.7. The van der Waals surface area contributed by atoms with Crippen LogP contribution in [0.5, 0.6) is 11.5 Å². The molecule has 2 fully saturated rings. The first kappa shape index (κ1) is 18.0. The highest BCUT2D eigenvalue weighted by atomic mass is 16.5. The van der Waals surface area contributed by atoms with Crippen molar-refractivity contribution >= 4 is 5.91 Å². The number of amides is 1. The second-order valence-corrected chi connectivity index (χ2v) is 8.66. The number of likely N-dealkylation sites (tertiary alicyclic amines) is 1. The minimum absolute atomic E-state index is 0.0236. The van der Waals surface area contributed by atoms with Crippen molar-refractivity contribution in [2.45, 2.75) is 61.8 Å². The van der Waals surface area contributed by atoms with Crippen LogP contribution < -0.4 is 14.8 Å². The SMILES string of the molecule is C=CCN1CC[C@@]23c4c5ccc(OC)c4OC2C(NC(C)=O)CC[C@]3(O)[C@@H]1C5. The summed E-state index contributed by atoms with van der Waals surface area (Å²) in [7, 11) is 1.65. The van der Waals surface area contributed by atoms with Crippen molar-refractivity contribution in [3.05, 3.63) is 35.9 Å². The summed E-state index contributed by atoms with van der Waals surface area (Å²) >= 11 is 0. The normalized spacial score (nSPS) is 37.6. The molecule has 2 bridgehead atoms. The highest BCUT2D eigenvalue weighted by Gasteiger charge is 2.72. The summed E-state index contributed by atoms with van der Waals surface area (Å²) in [6.07, 6.45) is 4.57. The van der Waals surface area contributed by atoms with E-state index in [1.165, 1.54) is 5.56 Å². The van der Waals surface area contributed by atoms with Crippen LogP contribution in [0, 0.1) is 0 Å². The molecule has 5 rings (SSSR count). The van der Waals surface area contributed by atoms with Gasteiger partial charge in [0.2, 0.25) is 5.91 Å². The van der Waals surface area contributed by atoms with Crippen molar-refractivity contribution in [1.82, 2.24) is 10.2 Å². The van der Waals surface area contributed by atoms with Crippen molar-refractivity contribution < 1.29 is 19.4 Å². The van der Waals surface area contributed by atoms with E-state index in [9.17, 15) is 9.90 Å². The molecule has 0 radical (unpaired) electrons. The summed E-state index contributed by atoms with van der Waals surface area (Å²) in [5.74, 6) is 1.41.